The molecule has 2 aromatic heterocycles. The maximum absolute atomic E-state index is 12.7. The van der Waals surface area contributed by atoms with Gasteiger partial charge in [0.1, 0.15) is 12.2 Å². The van der Waals surface area contributed by atoms with Crippen molar-refractivity contribution in [2.24, 2.45) is 0 Å². The van der Waals surface area contributed by atoms with Gasteiger partial charge in [-0.25, -0.2) is 9.55 Å². The molecule has 2 saturated heterocycles. The highest BCUT2D eigenvalue weighted by atomic mass is 35.5. The van der Waals surface area contributed by atoms with Gasteiger partial charge in [-0.05, 0) is 20.8 Å². The maximum Gasteiger partial charge on any atom is 0.475 e. The van der Waals surface area contributed by atoms with Gasteiger partial charge >= 0.3 is 7.82 Å². The molecule has 29 heavy (non-hydrogen) atoms. The van der Waals surface area contributed by atoms with Gasteiger partial charge in [0, 0.05) is 0 Å². The van der Waals surface area contributed by atoms with Crippen molar-refractivity contribution in [1.82, 2.24) is 19.5 Å². The Hall–Kier alpha value is -1.20. The third kappa shape index (κ3) is 3.69. The molecule has 4 rings (SSSR count). The first-order chi connectivity index (χ1) is 13.6. The van der Waals surface area contributed by atoms with Gasteiger partial charge in [0.25, 0.3) is 0 Å². The van der Waals surface area contributed by atoms with Gasteiger partial charge in [0.15, 0.2) is 21.7 Å². The number of phosphoric acid groups is 1. The van der Waals surface area contributed by atoms with Crippen LogP contribution in [0, 0.1) is 0 Å². The van der Waals surface area contributed by atoms with Crippen LogP contribution in [-0.4, -0.2) is 55.4 Å². The van der Waals surface area contributed by atoms with E-state index in [0.29, 0.717) is 17.8 Å². The molecule has 0 unspecified atom stereocenters. The number of ether oxygens (including phenoxy) is 2. The first-order valence-corrected chi connectivity index (χ1v) is 11.1. The quantitative estimate of drug-likeness (QED) is 0.516. The molecule has 4 heterocycles. The summed E-state index contributed by atoms with van der Waals surface area (Å²) in [5.74, 6) is 0.218. The van der Waals surface area contributed by atoms with Crippen LogP contribution in [-0.2, 0) is 22.9 Å². The molecule has 0 amide bonds. The van der Waals surface area contributed by atoms with Gasteiger partial charge in [-0.15, -0.1) is 0 Å². The molecule has 2 fully saturated rings. The van der Waals surface area contributed by atoms with E-state index in [1.807, 2.05) is 6.92 Å². The molecular weight excluding hydrogens is 448 g/mol. The smallest absolute Gasteiger partial charge is 0.475 e. The van der Waals surface area contributed by atoms with Crippen LogP contribution >= 0.6 is 31.0 Å². The van der Waals surface area contributed by atoms with Gasteiger partial charge in [-0.3, -0.25) is 18.1 Å². The Morgan fingerprint density at radius 1 is 1.45 bits per heavy atom. The van der Waals surface area contributed by atoms with E-state index in [-0.39, 0.29) is 24.5 Å². The zero-order chi connectivity index (χ0) is 21.0. The molecule has 0 saturated carbocycles. The minimum atomic E-state index is -3.84. The summed E-state index contributed by atoms with van der Waals surface area (Å²) in [6.45, 7) is 5.52. The van der Waals surface area contributed by atoms with Crippen LogP contribution in [0.3, 0.4) is 0 Å². The molecule has 0 spiro atoms. The highest BCUT2D eigenvalue weighted by Gasteiger charge is 2.62. The normalized spacial score (nSPS) is 31.3. The summed E-state index contributed by atoms with van der Waals surface area (Å²) in [4.78, 5) is 12.5. The summed E-state index contributed by atoms with van der Waals surface area (Å²) in [5, 5.41) is 0. The number of alkyl halides is 2. The Labute approximate surface area is 176 Å². The molecule has 11 nitrogen and oxygen atoms in total. The average molecular weight is 468 g/mol. The number of aromatic nitrogens is 4. The zero-order valence-corrected chi connectivity index (χ0v) is 18.2. The second-order valence-corrected chi connectivity index (χ2v) is 9.79. The Balaban J connectivity index is 1.70. The second kappa shape index (κ2) is 7.49. The van der Waals surface area contributed by atoms with Crippen LogP contribution in [0.1, 0.15) is 27.0 Å². The zero-order valence-electron chi connectivity index (χ0n) is 15.8. The number of nitrogens with two attached hydrogens (primary N) is 1. The third-order valence-corrected chi connectivity index (χ3v) is 6.70. The van der Waals surface area contributed by atoms with Crippen molar-refractivity contribution in [3.05, 3.63) is 6.33 Å². The summed E-state index contributed by atoms with van der Waals surface area (Å²) < 4.78 is 40.2. The number of phosphoric ester groups is 1. The number of rotatable bonds is 5. The predicted molar refractivity (Wildman–Crippen MR) is 104 cm³/mol. The Morgan fingerprint density at radius 3 is 2.90 bits per heavy atom. The number of nitrogen functional groups attached to an aromatic ring is 1. The minimum absolute atomic E-state index is 0.0118. The van der Waals surface area contributed by atoms with Crippen molar-refractivity contribution < 1.29 is 27.6 Å². The number of anilines is 1. The molecule has 14 heteroatoms. The second-order valence-electron chi connectivity index (χ2n) is 6.77. The molecule has 0 aromatic carbocycles. The molecule has 2 aliphatic rings. The molecule has 0 bridgehead atoms. The first-order valence-electron chi connectivity index (χ1n) is 8.92. The molecule has 0 aliphatic carbocycles. The summed E-state index contributed by atoms with van der Waals surface area (Å²) in [5.41, 5.74) is 6.49. The van der Waals surface area contributed by atoms with Crippen molar-refractivity contribution in [3.8, 4) is 5.88 Å². The monoisotopic (exact) mass is 467 g/mol. The van der Waals surface area contributed by atoms with Crippen LogP contribution in [0.2, 0.25) is 0 Å². The summed E-state index contributed by atoms with van der Waals surface area (Å²) in [6, 6.07) is 0. The van der Waals surface area contributed by atoms with Gasteiger partial charge in [0.05, 0.1) is 25.6 Å². The number of hydrogen-bond acceptors (Lipinski definition) is 10. The highest BCUT2D eigenvalue weighted by molar-refractivity contribution is 7.48. The average Bonchev–Trinajstić information content (AvgIpc) is 3.13. The summed E-state index contributed by atoms with van der Waals surface area (Å²) in [7, 11) is -3.84. The lowest BCUT2D eigenvalue weighted by Gasteiger charge is -2.33. The van der Waals surface area contributed by atoms with Gasteiger partial charge in [-0.2, -0.15) is 9.97 Å². The van der Waals surface area contributed by atoms with E-state index in [2.05, 4.69) is 15.0 Å². The lowest BCUT2D eigenvalue weighted by atomic mass is 10.2. The van der Waals surface area contributed by atoms with Crippen LogP contribution < -0.4 is 10.5 Å². The topological polar surface area (TPSA) is 133 Å². The van der Waals surface area contributed by atoms with Crippen molar-refractivity contribution in [2.45, 2.75) is 49.6 Å². The van der Waals surface area contributed by atoms with E-state index in [1.165, 1.54) is 10.9 Å². The molecule has 2 N–H and O–H groups in total. The molecule has 160 valence electrons. The van der Waals surface area contributed by atoms with Crippen LogP contribution in [0.15, 0.2) is 6.33 Å². The molecule has 0 radical (unpaired) electrons. The van der Waals surface area contributed by atoms with Crippen molar-refractivity contribution in [1.29, 1.82) is 0 Å². The SMILES string of the molecule is CCOc1nc(N)nc2c1ncn2[C@@H]1O[C@@H]2CO[P@@](=O)(OC(C)C)O[C@H]2C1(Cl)Cl. The Morgan fingerprint density at radius 2 is 2.21 bits per heavy atom. The van der Waals surface area contributed by atoms with Gasteiger partial charge < -0.3 is 15.2 Å². The first kappa shape index (κ1) is 21.0. The van der Waals surface area contributed by atoms with Crippen LogP contribution in [0.5, 0.6) is 5.88 Å². The highest BCUT2D eigenvalue weighted by Crippen LogP contribution is 2.61. The summed E-state index contributed by atoms with van der Waals surface area (Å²) >= 11 is 13.3. The summed E-state index contributed by atoms with van der Waals surface area (Å²) in [6.07, 6.45) is -1.59. The third-order valence-electron chi connectivity index (χ3n) is 4.27. The van der Waals surface area contributed by atoms with E-state index in [9.17, 15) is 4.57 Å². The van der Waals surface area contributed by atoms with E-state index in [1.54, 1.807) is 13.8 Å². The van der Waals surface area contributed by atoms with E-state index >= 15 is 0 Å². The number of halogens is 2. The van der Waals surface area contributed by atoms with Crippen molar-refractivity contribution in [2.75, 3.05) is 18.9 Å². The molecule has 4 atom stereocenters. The molecular formula is C15H20Cl2N5O6P. The fourth-order valence-corrected chi connectivity index (χ4v) is 5.60. The number of imidazole rings is 1. The Bertz CT molecular complexity index is 972. The van der Waals surface area contributed by atoms with E-state index < -0.39 is 30.6 Å². The molecule has 2 aliphatic heterocycles. The standard InChI is InChI=1S/C15H20Cl2N5O6P/c1-4-24-12-9-11(20-14(18)21-12)22(6-19-9)13-15(16,17)10-8(26-13)5-25-29(23,28-10)27-7(2)3/h6-8,10,13H,4-5H2,1-3H3,(H2,18,20,21)/t8-,10-,13-,29+/m1/s1. The van der Waals surface area contributed by atoms with E-state index in [0.717, 1.165) is 0 Å². The number of fused-ring (bicyclic) bond motifs is 2. The van der Waals surface area contributed by atoms with E-state index in [4.69, 9.17) is 52.0 Å². The number of hydrogen-bond donors (Lipinski definition) is 1. The van der Waals surface area contributed by atoms with Gasteiger partial charge in [0.2, 0.25) is 11.8 Å². The van der Waals surface area contributed by atoms with Gasteiger partial charge in [-0.1, -0.05) is 23.2 Å². The fourth-order valence-electron chi connectivity index (χ4n) is 3.20. The lowest BCUT2D eigenvalue weighted by molar-refractivity contribution is -0.0733. The Kier molecular flexibility index (Phi) is 5.44. The van der Waals surface area contributed by atoms with Crippen LogP contribution in [0.4, 0.5) is 5.95 Å². The van der Waals surface area contributed by atoms with Crippen LogP contribution in [0.25, 0.3) is 11.2 Å². The largest absolute Gasteiger partial charge is 0.476 e. The number of nitrogens with zero attached hydrogens (tertiary/aromatic N) is 4. The van der Waals surface area contributed by atoms with Crippen molar-refractivity contribution in [3.63, 3.8) is 0 Å². The maximum atomic E-state index is 12.7. The fraction of sp³-hybridized carbons (Fsp3) is 0.667. The lowest BCUT2D eigenvalue weighted by Crippen LogP contribution is -2.42. The minimum Gasteiger partial charge on any atom is -0.476 e. The van der Waals surface area contributed by atoms with Crippen molar-refractivity contribution >= 4 is 48.1 Å². The predicted octanol–water partition coefficient (Wildman–Crippen LogP) is 2.83. The molecule has 2 aromatic rings.